The van der Waals surface area contributed by atoms with Gasteiger partial charge >= 0.3 is 23.9 Å². The van der Waals surface area contributed by atoms with Crippen molar-refractivity contribution >= 4 is 23.9 Å². The highest BCUT2D eigenvalue weighted by molar-refractivity contribution is 5.87. The Hall–Kier alpha value is -5.20. The molecule has 0 bridgehead atoms. The van der Waals surface area contributed by atoms with Gasteiger partial charge in [-0.2, -0.15) is 0 Å². The first-order chi connectivity index (χ1) is 27.1. The lowest BCUT2D eigenvalue weighted by Gasteiger charge is -2.14. The smallest absolute Gasteiger partial charge is 0.338 e. The predicted octanol–water partition coefficient (Wildman–Crippen LogP) is 6.41. The number of ether oxygens (including phenoxy) is 8. The van der Waals surface area contributed by atoms with Crippen LogP contribution in [0.1, 0.15) is 88.2 Å². The minimum absolute atomic E-state index is 0.0954. The van der Waals surface area contributed by atoms with Crippen molar-refractivity contribution < 1.29 is 65.9 Å². The predicted molar refractivity (Wildman–Crippen MR) is 194 cm³/mol. The summed E-state index contributed by atoms with van der Waals surface area (Å²) in [6.45, 7) is 7.52. The molecule has 3 aromatic carbocycles. The second-order valence-electron chi connectivity index (χ2n) is 12.7. The normalized spacial score (nSPS) is 19.5. The Morgan fingerprint density at radius 1 is 0.554 bits per heavy atom. The van der Waals surface area contributed by atoms with E-state index in [1.54, 1.807) is 50.2 Å². The van der Waals surface area contributed by atoms with Crippen LogP contribution >= 0.6 is 0 Å². The highest BCUT2D eigenvalue weighted by Crippen LogP contribution is 2.36. The van der Waals surface area contributed by atoms with Crippen LogP contribution < -0.4 is 0 Å². The molecule has 0 spiro atoms. The topological polar surface area (TPSA) is 142 Å². The number of halogens is 2. The first kappa shape index (κ1) is 42.0. The Morgan fingerprint density at radius 2 is 1.00 bits per heavy atom. The molecule has 2 saturated heterocycles. The molecule has 2 heterocycles. The maximum Gasteiger partial charge on any atom is 0.338 e. The number of rotatable bonds is 15. The molecule has 2 fully saturated rings. The van der Waals surface area contributed by atoms with Gasteiger partial charge in [0, 0.05) is 16.7 Å². The summed E-state index contributed by atoms with van der Waals surface area (Å²) in [6, 6.07) is 16.6. The molecule has 0 saturated carbocycles. The summed E-state index contributed by atoms with van der Waals surface area (Å²) in [7, 11) is 0. The summed E-state index contributed by atoms with van der Waals surface area (Å²) >= 11 is 0. The molecule has 0 aromatic heterocycles. The average Bonchev–Trinajstić information content (AvgIpc) is 3.86. The third-order valence-electron chi connectivity index (χ3n) is 8.73. The van der Waals surface area contributed by atoms with Gasteiger partial charge < -0.3 is 37.9 Å². The van der Waals surface area contributed by atoms with E-state index in [1.165, 1.54) is 12.1 Å². The van der Waals surface area contributed by atoms with E-state index in [4.69, 9.17) is 37.9 Å². The molecular weight excluding hydrogens is 734 g/mol. The van der Waals surface area contributed by atoms with Crippen molar-refractivity contribution in [3.05, 3.63) is 94.6 Å². The van der Waals surface area contributed by atoms with E-state index < -0.39 is 72.5 Å². The van der Waals surface area contributed by atoms with Crippen LogP contribution in [-0.4, -0.2) is 74.7 Å². The first-order valence-electron chi connectivity index (χ1n) is 18.6. The Morgan fingerprint density at radius 3 is 1.46 bits per heavy atom. The Labute approximate surface area is 323 Å². The third-order valence-corrected chi connectivity index (χ3v) is 8.73. The highest BCUT2D eigenvalue weighted by Gasteiger charge is 2.49. The maximum absolute atomic E-state index is 15.4. The number of carbonyl (C=O) groups is 4. The van der Waals surface area contributed by atoms with Crippen molar-refractivity contribution in [3.63, 3.8) is 0 Å². The van der Waals surface area contributed by atoms with Crippen molar-refractivity contribution in [3.8, 4) is 23.0 Å². The second kappa shape index (κ2) is 20.1. The number of benzene rings is 3. The van der Waals surface area contributed by atoms with Gasteiger partial charge in [0.15, 0.2) is 48.6 Å². The van der Waals surface area contributed by atoms with E-state index in [0.29, 0.717) is 24.0 Å². The zero-order chi connectivity index (χ0) is 40.2. The molecule has 0 aliphatic carbocycles. The molecule has 0 unspecified atom stereocenters. The van der Waals surface area contributed by atoms with E-state index in [1.807, 2.05) is 26.0 Å². The lowest BCUT2D eigenvalue weighted by Crippen LogP contribution is -2.39. The van der Waals surface area contributed by atoms with Gasteiger partial charge in [0.25, 0.3) is 0 Å². The Bertz CT molecular complexity index is 1850. The van der Waals surface area contributed by atoms with Gasteiger partial charge in [-0.1, -0.05) is 74.9 Å². The van der Waals surface area contributed by atoms with Crippen molar-refractivity contribution in [1.82, 2.24) is 0 Å². The van der Waals surface area contributed by atoms with Crippen LogP contribution in [0.25, 0.3) is 11.1 Å². The molecule has 4 atom stereocenters. The monoisotopic (exact) mass is 778 g/mol. The summed E-state index contributed by atoms with van der Waals surface area (Å²) in [4.78, 5) is 50.4. The van der Waals surface area contributed by atoms with Crippen LogP contribution in [0, 0.1) is 23.5 Å². The van der Waals surface area contributed by atoms with Gasteiger partial charge in [0.05, 0.1) is 32.0 Å². The number of esters is 4. The highest BCUT2D eigenvalue weighted by atomic mass is 19.2. The SMILES string of the molecule is CCCCOC(=O)[C@@H]1OC(c2ccc(C#Cc3ccc(-c4ccc(C5O[C@@H](C(=O)OCC)[C@H](C(=O)OCC)O5)cc4)cc3)c(F)c2F)O[C@H]1C(=O)OCCCC. The second-order valence-corrected chi connectivity index (χ2v) is 12.7. The number of unbranched alkanes of at least 4 members (excludes halogenated alkanes) is 2. The van der Waals surface area contributed by atoms with Crippen molar-refractivity contribution in [2.45, 2.75) is 90.4 Å². The van der Waals surface area contributed by atoms with Crippen LogP contribution in [-0.2, 0) is 57.1 Å². The average molecular weight is 779 g/mol. The van der Waals surface area contributed by atoms with Gasteiger partial charge in [-0.25, -0.2) is 28.0 Å². The summed E-state index contributed by atoms with van der Waals surface area (Å²) in [5, 5.41) is 0. The van der Waals surface area contributed by atoms with Crippen LogP contribution in [0.3, 0.4) is 0 Å². The molecule has 2 aliphatic heterocycles. The van der Waals surface area contributed by atoms with Crippen molar-refractivity contribution in [2.24, 2.45) is 0 Å². The largest absolute Gasteiger partial charge is 0.464 e. The molecule has 5 rings (SSSR count). The fourth-order valence-electron chi connectivity index (χ4n) is 5.71. The summed E-state index contributed by atoms with van der Waals surface area (Å²) in [6.07, 6.45) is -5.48. The molecule has 0 amide bonds. The lowest BCUT2D eigenvalue weighted by atomic mass is 10.0. The zero-order valence-corrected chi connectivity index (χ0v) is 31.5. The fourth-order valence-corrected chi connectivity index (χ4v) is 5.71. The molecule has 0 radical (unpaired) electrons. The molecule has 56 heavy (non-hydrogen) atoms. The Kier molecular flexibility index (Phi) is 15.1. The summed E-state index contributed by atoms with van der Waals surface area (Å²) in [5.41, 5.74) is 2.14. The van der Waals surface area contributed by atoms with Crippen LogP contribution in [0.4, 0.5) is 8.78 Å². The summed E-state index contributed by atoms with van der Waals surface area (Å²) < 4.78 is 74.1. The minimum atomic E-state index is -1.58. The number of hydrogen-bond donors (Lipinski definition) is 0. The molecule has 2 aliphatic rings. The number of hydrogen-bond acceptors (Lipinski definition) is 12. The van der Waals surface area contributed by atoms with E-state index in [2.05, 4.69) is 11.8 Å². The van der Waals surface area contributed by atoms with E-state index in [-0.39, 0.29) is 37.6 Å². The van der Waals surface area contributed by atoms with Gasteiger partial charge in [-0.3, -0.25) is 0 Å². The van der Waals surface area contributed by atoms with Crippen LogP contribution in [0.5, 0.6) is 0 Å². The summed E-state index contributed by atoms with van der Waals surface area (Å²) in [5.74, 6) is -0.266. The molecular formula is C42H44F2O12. The molecule has 12 nitrogen and oxygen atoms in total. The van der Waals surface area contributed by atoms with Crippen molar-refractivity contribution in [1.29, 1.82) is 0 Å². The van der Waals surface area contributed by atoms with Gasteiger partial charge in [-0.05, 0) is 62.1 Å². The minimum Gasteiger partial charge on any atom is -0.464 e. The molecule has 14 heteroatoms. The molecule has 298 valence electrons. The maximum atomic E-state index is 15.4. The van der Waals surface area contributed by atoms with E-state index in [0.717, 1.165) is 24.0 Å². The van der Waals surface area contributed by atoms with E-state index in [9.17, 15) is 19.2 Å². The molecule has 0 N–H and O–H groups in total. The zero-order valence-electron chi connectivity index (χ0n) is 31.5. The number of carbonyl (C=O) groups excluding carboxylic acids is 4. The van der Waals surface area contributed by atoms with Crippen LogP contribution in [0.2, 0.25) is 0 Å². The molecule has 3 aromatic rings. The van der Waals surface area contributed by atoms with Crippen LogP contribution in [0.15, 0.2) is 60.7 Å². The van der Waals surface area contributed by atoms with E-state index >= 15 is 8.78 Å². The van der Waals surface area contributed by atoms with Gasteiger partial charge in [0.2, 0.25) is 0 Å². The third kappa shape index (κ3) is 10.2. The van der Waals surface area contributed by atoms with Gasteiger partial charge in [-0.15, -0.1) is 0 Å². The first-order valence-corrected chi connectivity index (χ1v) is 18.6. The van der Waals surface area contributed by atoms with Gasteiger partial charge in [0.1, 0.15) is 0 Å². The standard InChI is InChI=1S/C42H44F2O12/c1-5-9-23-51-39(47)35-36(40(48)52-24-10-6-2)56-42(55-35)30-22-21-28(31(43)32(30)44)16-13-25-11-14-26(15-12-25)27-17-19-29(20-18-27)41-53-33(37(45)49-7-3)34(54-41)38(46)50-8-4/h11-12,14-15,17-22,33-36,41-42H,5-10,23-24H2,1-4H3/t33-,34-,35-,36-/m1/s1. The Balaban J connectivity index is 1.25. The lowest BCUT2D eigenvalue weighted by molar-refractivity contribution is -0.163. The quantitative estimate of drug-likeness (QED) is 0.0729. The van der Waals surface area contributed by atoms with Crippen molar-refractivity contribution in [2.75, 3.05) is 26.4 Å². The fraction of sp³-hybridized carbons (Fsp3) is 0.429.